The van der Waals surface area contributed by atoms with Crippen LogP contribution in [0.25, 0.3) is 27.8 Å². The molecule has 39 heavy (non-hydrogen) atoms. The minimum absolute atomic E-state index is 0.338. The molecule has 0 unspecified atom stereocenters. The van der Waals surface area contributed by atoms with E-state index in [0.717, 1.165) is 25.7 Å². The predicted octanol–water partition coefficient (Wildman–Crippen LogP) is 4.01. The van der Waals surface area contributed by atoms with E-state index in [1.807, 2.05) is 54.6 Å². The quantitative estimate of drug-likeness (QED) is 0.239. The lowest BCUT2D eigenvalue weighted by Gasteiger charge is -2.03. The summed E-state index contributed by atoms with van der Waals surface area (Å²) in [6.07, 6.45) is 3.30. The lowest BCUT2D eigenvalue weighted by molar-refractivity contribution is 0.426. The Morgan fingerprint density at radius 2 is 1.46 bits per heavy atom. The van der Waals surface area contributed by atoms with Crippen LogP contribution < -0.4 is 5.46 Å². The van der Waals surface area contributed by atoms with Crippen molar-refractivity contribution in [2.24, 2.45) is 0 Å². The molecule has 0 aliphatic rings. The van der Waals surface area contributed by atoms with E-state index in [1.165, 1.54) is 0 Å². The van der Waals surface area contributed by atoms with Crippen molar-refractivity contribution >= 4 is 66.5 Å². The Morgan fingerprint density at radius 3 is 2.10 bits per heavy atom. The highest BCUT2D eigenvalue weighted by molar-refractivity contribution is 9.10. The number of hydrogen-bond donors (Lipinski definition) is 3. The number of pyridine rings is 2. The second-order valence-electron chi connectivity index (χ2n) is 7.74. The van der Waals surface area contributed by atoms with Gasteiger partial charge in [-0.15, -0.1) is 0 Å². The van der Waals surface area contributed by atoms with Gasteiger partial charge in [-0.25, -0.2) is 4.68 Å². The van der Waals surface area contributed by atoms with Gasteiger partial charge in [0, 0.05) is 21.3 Å². The van der Waals surface area contributed by atoms with Gasteiger partial charge in [0.2, 0.25) is 0 Å². The average molecular weight is 644 g/mol. The summed E-state index contributed by atoms with van der Waals surface area (Å²) < 4.78 is 3.54. The molecule has 0 saturated carbocycles. The Bertz CT molecular complexity index is 1820. The van der Waals surface area contributed by atoms with Gasteiger partial charge in [0.25, 0.3) is 0 Å². The summed E-state index contributed by atoms with van der Waals surface area (Å²) in [5.41, 5.74) is 4.95. The highest BCUT2D eigenvalue weighted by Gasteiger charge is 2.12. The first kappa shape index (κ1) is 27.6. The fraction of sp³-hybridized carbons (Fsp3) is 0. The Kier molecular flexibility index (Phi) is 9.15. The molecule has 6 rings (SSSR count). The van der Waals surface area contributed by atoms with E-state index in [2.05, 4.69) is 63.2 Å². The molecular weight excluding hydrogens is 627 g/mol. The molecule has 6 aromatic rings. The average Bonchev–Trinajstić information content (AvgIpc) is 3.55. The highest BCUT2D eigenvalue weighted by Crippen LogP contribution is 2.21. The number of halogens is 2. The third-order valence-corrected chi connectivity index (χ3v) is 6.16. The molecule has 0 aliphatic heterocycles. The Labute approximate surface area is 239 Å². The zero-order valence-electron chi connectivity index (χ0n) is 19.9. The molecule has 4 heterocycles. The van der Waals surface area contributed by atoms with Gasteiger partial charge in [0.15, 0.2) is 11.4 Å². The second-order valence-corrected chi connectivity index (χ2v) is 9.57. The molecule has 0 saturated heterocycles. The number of benzene rings is 2. The molecule has 0 fully saturated rings. The number of rotatable bonds is 2. The molecular formula is C26H17BBr2N8O2. The van der Waals surface area contributed by atoms with E-state index < -0.39 is 7.12 Å². The topological polar surface area (TPSA) is 160 Å². The van der Waals surface area contributed by atoms with E-state index in [-0.39, 0.29) is 0 Å². The van der Waals surface area contributed by atoms with Crippen LogP contribution in [0, 0.1) is 22.7 Å². The molecule has 3 N–H and O–H groups in total. The van der Waals surface area contributed by atoms with Crippen LogP contribution in [0.4, 0.5) is 0 Å². The van der Waals surface area contributed by atoms with Gasteiger partial charge in [-0.3, -0.25) is 15.1 Å². The fourth-order valence-corrected chi connectivity index (χ4v) is 4.23. The van der Waals surface area contributed by atoms with Gasteiger partial charge in [-0.2, -0.15) is 20.7 Å². The summed E-state index contributed by atoms with van der Waals surface area (Å²) in [6.45, 7) is 0. The number of H-pyrrole nitrogens is 1. The number of aromatic nitrogens is 6. The maximum absolute atomic E-state index is 9.08. The molecule has 0 atom stereocenters. The third kappa shape index (κ3) is 6.73. The van der Waals surface area contributed by atoms with Crippen molar-refractivity contribution in [3.8, 4) is 17.8 Å². The van der Waals surface area contributed by atoms with E-state index in [9.17, 15) is 0 Å². The minimum atomic E-state index is -1.38. The molecule has 4 aromatic heterocycles. The Morgan fingerprint density at radius 1 is 0.795 bits per heavy atom. The van der Waals surface area contributed by atoms with Gasteiger partial charge in [-0.1, -0.05) is 50.1 Å². The standard InChI is InChI=1S/C13H7BrN4.C7H4N4.C6H6BBrO2/c14-9-3-1-4-10(7-9)18-12-5-2-6-16-13(12)11(8-15)17-18;8-4-6-7-5(10-11-6)2-1-3-9-7;8-6-3-1-2-5(4-6)7(9)10/h1-7H;1-3H,(H,10,11);1-4,9-10H. The summed E-state index contributed by atoms with van der Waals surface area (Å²) in [7, 11) is -1.38. The van der Waals surface area contributed by atoms with Crippen molar-refractivity contribution < 1.29 is 10.0 Å². The number of fused-ring (bicyclic) bond motifs is 2. The van der Waals surface area contributed by atoms with Crippen LogP contribution >= 0.6 is 31.9 Å². The third-order valence-electron chi connectivity index (χ3n) is 5.17. The van der Waals surface area contributed by atoms with Crippen LogP contribution in [-0.4, -0.2) is 47.1 Å². The number of aromatic amines is 1. The summed E-state index contributed by atoms with van der Waals surface area (Å²) in [5.74, 6) is 0. The summed E-state index contributed by atoms with van der Waals surface area (Å²) in [6, 6.07) is 26.0. The van der Waals surface area contributed by atoms with Crippen molar-refractivity contribution in [1.29, 1.82) is 10.5 Å². The maximum atomic E-state index is 9.08. The summed E-state index contributed by atoms with van der Waals surface area (Å²) in [4.78, 5) is 8.20. The van der Waals surface area contributed by atoms with Gasteiger partial charge in [0.1, 0.15) is 23.2 Å². The summed E-state index contributed by atoms with van der Waals surface area (Å²) in [5, 5.41) is 45.8. The van der Waals surface area contributed by atoms with Crippen molar-refractivity contribution in [3.05, 3.63) is 106 Å². The van der Waals surface area contributed by atoms with Gasteiger partial charge < -0.3 is 10.0 Å². The monoisotopic (exact) mass is 642 g/mol. The van der Waals surface area contributed by atoms with E-state index >= 15 is 0 Å². The zero-order chi connectivity index (χ0) is 27.8. The van der Waals surface area contributed by atoms with Crippen molar-refractivity contribution in [2.45, 2.75) is 0 Å². The minimum Gasteiger partial charge on any atom is -0.423 e. The molecule has 0 spiro atoms. The van der Waals surface area contributed by atoms with Crippen LogP contribution in [0.5, 0.6) is 0 Å². The lowest BCUT2D eigenvalue weighted by atomic mass is 9.81. The Hall–Kier alpha value is -4.40. The van der Waals surface area contributed by atoms with Crippen LogP contribution in [0.1, 0.15) is 11.4 Å². The van der Waals surface area contributed by atoms with E-state index in [4.69, 9.17) is 20.6 Å². The number of hydrogen-bond acceptors (Lipinski definition) is 8. The zero-order valence-corrected chi connectivity index (χ0v) is 23.1. The largest absolute Gasteiger partial charge is 0.488 e. The van der Waals surface area contributed by atoms with E-state index in [1.54, 1.807) is 41.3 Å². The van der Waals surface area contributed by atoms with Crippen LogP contribution in [-0.2, 0) is 0 Å². The molecule has 0 radical (unpaired) electrons. The molecule has 0 amide bonds. The smallest absolute Gasteiger partial charge is 0.423 e. The molecule has 10 nitrogen and oxygen atoms in total. The first-order valence-electron chi connectivity index (χ1n) is 11.2. The normalized spacial score (nSPS) is 10.0. The Balaban J connectivity index is 0.000000145. The van der Waals surface area contributed by atoms with Crippen LogP contribution in [0.2, 0.25) is 0 Å². The molecule has 0 aliphatic carbocycles. The van der Waals surface area contributed by atoms with Crippen molar-refractivity contribution in [2.75, 3.05) is 0 Å². The van der Waals surface area contributed by atoms with Crippen LogP contribution in [0.3, 0.4) is 0 Å². The first-order chi connectivity index (χ1) is 18.9. The SMILES string of the molecule is N#Cc1n[nH]c2cccnc12.N#Cc1nn(-c2cccc(Br)c2)c2cccnc12.OB(O)c1cccc(Br)c1. The highest BCUT2D eigenvalue weighted by atomic mass is 79.9. The van der Waals surface area contributed by atoms with Crippen LogP contribution in [0.15, 0.2) is 94.1 Å². The van der Waals surface area contributed by atoms with Gasteiger partial charge in [0.05, 0.1) is 16.7 Å². The summed E-state index contributed by atoms with van der Waals surface area (Å²) >= 11 is 6.63. The van der Waals surface area contributed by atoms with E-state index in [0.29, 0.717) is 27.9 Å². The van der Waals surface area contributed by atoms with Crippen molar-refractivity contribution in [1.82, 2.24) is 29.9 Å². The number of nitriles is 2. The molecule has 2 aromatic carbocycles. The fourth-order valence-electron chi connectivity index (χ4n) is 3.43. The van der Waals surface area contributed by atoms with Crippen molar-refractivity contribution in [3.63, 3.8) is 0 Å². The molecule has 0 bridgehead atoms. The predicted molar refractivity (Wildman–Crippen MR) is 154 cm³/mol. The first-order valence-corrected chi connectivity index (χ1v) is 12.8. The number of nitrogens with one attached hydrogen (secondary N) is 1. The van der Waals surface area contributed by atoms with Gasteiger partial charge in [-0.05, 0) is 60.1 Å². The molecule has 13 heteroatoms. The maximum Gasteiger partial charge on any atom is 0.488 e. The molecule has 190 valence electrons. The number of nitrogens with zero attached hydrogens (tertiary/aromatic N) is 7. The lowest BCUT2D eigenvalue weighted by Crippen LogP contribution is -2.29. The van der Waals surface area contributed by atoms with Gasteiger partial charge >= 0.3 is 7.12 Å². The second kappa shape index (κ2) is 12.9.